The van der Waals surface area contributed by atoms with E-state index in [1.165, 1.54) is 22.2 Å². The maximum absolute atomic E-state index is 11.7. The first-order chi connectivity index (χ1) is 15.6. The van der Waals surface area contributed by atoms with Gasteiger partial charge in [0.1, 0.15) is 0 Å². The van der Waals surface area contributed by atoms with Crippen LogP contribution < -0.4 is 0 Å². The number of fused-ring (bicyclic) bond motifs is 4. The molecule has 4 bridgehead atoms. The number of nitrogens with zero attached hydrogens (tertiary/aromatic N) is 1. The Balaban J connectivity index is 1.52. The van der Waals surface area contributed by atoms with Crippen molar-refractivity contribution in [1.82, 2.24) is 9.88 Å². The van der Waals surface area contributed by atoms with E-state index in [9.17, 15) is 5.11 Å². The predicted octanol–water partition coefficient (Wildman–Crippen LogP) is 6.42. The number of benzene rings is 1. The normalized spacial score (nSPS) is 33.5. The molecule has 4 nitrogen and oxygen atoms in total. The van der Waals surface area contributed by atoms with Gasteiger partial charge in [0.2, 0.25) is 0 Å². The summed E-state index contributed by atoms with van der Waals surface area (Å²) in [4.78, 5) is 6.42. The summed E-state index contributed by atoms with van der Waals surface area (Å²) >= 11 is 0. The number of piperidine rings is 3. The van der Waals surface area contributed by atoms with Crippen molar-refractivity contribution in [3.8, 4) is 0 Å². The summed E-state index contributed by atoms with van der Waals surface area (Å²) in [5.41, 5.74) is 5.35. The number of aliphatic hydroxyl groups is 1. The second kappa shape index (κ2) is 8.22. The van der Waals surface area contributed by atoms with E-state index < -0.39 is 13.9 Å². The highest BCUT2D eigenvalue weighted by molar-refractivity contribution is 6.77. The largest absolute Gasteiger partial charge is 0.416 e. The van der Waals surface area contributed by atoms with Crippen molar-refractivity contribution in [2.24, 2.45) is 11.8 Å². The van der Waals surface area contributed by atoms with E-state index in [4.69, 9.17) is 4.43 Å². The van der Waals surface area contributed by atoms with Gasteiger partial charge in [-0.2, -0.15) is 0 Å². The number of nitrogens with one attached hydrogen (secondary N) is 1. The monoisotopic (exact) mass is 468 g/mol. The van der Waals surface area contributed by atoms with Crippen molar-refractivity contribution in [2.75, 3.05) is 13.2 Å². The first-order valence-electron chi connectivity index (χ1n) is 13.4. The second-order valence-electron chi connectivity index (χ2n) is 12.1. The minimum atomic E-state index is -1.95. The molecule has 182 valence electrons. The molecule has 4 aliphatic rings. The third kappa shape index (κ3) is 3.33. The average molecular weight is 469 g/mol. The summed E-state index contributed by atoms with van der Waals surface area (Å²) in [7, 11) is -1.95. The smallest absolute Gasteiger partial charge is 0.200 e. The fourth-order valence-electron chi connectivity index (χ4n) is 8.40. The summed E-state index contributed by atoms with van der Waals surface area (Å²) in [5, 5.41) is 13.1. The molecule has 5 heterocycles. The number of hydrogen-bond acceptors (Lipinski definition) is 3. The molecule has 1 aromatic carbocycles. The lowest BCUT2D eigenvalue weighted by atomic mass is 9.59. The minimum Gasteiger partial charge on any atom is -0.416 e. The van der Waals surface area contributed by atoms with E-state index >= 15 is 0 Å². The van der Waals surface area contributed by atoms with Crippen molar-refractivity contribution in [3.05, 3.63) is 35.5 Å². The third-order valence-electron chi connectivity index (χ3n) is 9.90. The van der Waals surface area contributed by atoms with Crippen LogP contribution in [0.5, 0.6) is 0 Å². The summed E-state index contributed by atoms with van der Waals surface area (Å²) in [6.07, 6.45) is 2.93. The standard InChI is InChI=1S/C28H44N2O2Si/c1-8-28(31)16-30-25-13-21-20-11-9-10-12-24(20)29-27(21)26(30)14-23(28)22(25)15-32-33(17(2)3,18(4)5)19(6)7/h9-12,17-19,22-23,25-26,29,31H,8,13-16H2,1-7H3/t22-,23-,25+,26+,28+/m1/s1. The predicted molar refractivity (Wildman–Crippen MR) is 139 cm³/mol. The number of aromatic amines is 1. The summed E-state index contributed by atoms with van der Waals surface area (Å²) in [5.74, 6) is 0.699. The SMILES string of the molecule is CC[C@]1(O)CN2[C@H]3C[C@@H]1[C@@H](CO[Si](C(C)C)(C(C)C)C(C)C)[C@@H]2Cc1c3[nH]c2ccccc12. The van der Waals surface area contributed by atoms with Crippen LogP contribution in [0.3, 0.4) is 0 Å². The first kappa shape index (κ1) is 23.6. The lowest BCUT2D eigenvalue weighted by Crippen LogP contribution is -2.70. The molecule has 5 heteroatoms. The van der Waals surface area contributed by atoms with Crippen LogP contribution in [0.4, 0.5) is 0 Å². The molecule has 2 aromatic rings. The van der Waals surface area contributed by atoms with Gasteiger partial charge in [0.25, 0.3) is 0 Å². The Morgan fingerprint density at radius 2 is 1.79 bits per heavy atom. The van der Waals surface area contributed by atoms with Crippen LogP contribution >= 0.6 is 0 Å². The van der Waals surface area contributed by atoms with Crippen LogP contribution in [-0.4, -0.2) is 48.1 Å². The molecule has 1 unspecified atom stereocenters. The van der Waals surface area contributed by atoms with Gasteiger partial charge in [-0.3, -0.25) is 4.90 Å². The molecule has 33 heavy (non-hydrogen) atoms. The molecule has 0 saturated carbocycles. The average Bonchev–Trinajstić information content (AvgIpc) is 3.13. The van der Waals surface area contributed by atoms with Crippen LogP contribution in [0.1, 0.15) is 78.6 Å². The second-order valence-corrected chi connectivity index (χ2v) is 17.6. The maximum Gasteiger partial charge on any atom is 0.200 e. The van der Waals surface area contributed by atoms with Gasteiger partial charge in [0, 0.05) is 41.7 Å². The van der Waals surface area contributed by atoms with Crippen LogP contribution in [0.15, 0.2) is 24.3 Å². The van der Waals surface area contributed by atoms with Gasteiger partial charge in [0.05, 0.1) is 11.6 Å². The summed E-state index contributed by atoms with van der Waals surface area (Å²) < 4.78 is 7.19. The first-order valence-corrected chi connectivity index (χ1v) is 15.5. The Hall–Kier alpha value is -1.14. The lowest BCUT2D eigenvalue weighted by Gasteiger charge is -2.63. The Bertz CT molecular complexity index is 993. The van der Waals surface area contributed by atoms with E-state index in [0.717, 1.165) is 32.4 Å². The fourth-order valence-corrected chi connectivity index (χ4v) is 13.9. The molecule has 3 fully saturated rings. The van der Waals surface area contributed by atoms with Gasteiger partial charge in [0.15, 0.2) is 8.32 Å². The molecule has 6 rings (SSSR count). The summed E-state index contributed by atoms with van der Waals surface area (Å²) in [6, 6.07) is 9.65. The topological polar surface area (TPSA) is 48.5 Å². The van der Waals surface area contributed by atoms with E-state index in [0.29, 0.717) is 40.5 Å². The number of aromatic nitrogens is 1. The Morgan fingerprint density at radius 3 is 2.42 bits per heavy atom. The molecule has 0 spiro atoms. The van der Waals surface area contributed by atoms with Crippen LogP contribution in [0.25, 0.3) is 10.9 Å². The Labute approximate surface area is 201 Å². The molecular weight excluding hydrogens is 424 g/mol. The van der Waals surface area contributed by atoms with Crippen LogP contribution in [0.2, 0.25) is 16.6 Å². The number of H-pyrrole nitrogens is 1. The van der Waals surface area contributed by atoms with Gasteiger partial charge in [-0.15, -0.1) is 0 Å². The van der Waals surface area contributed by atoms with Gasteiger partial charge < -0.3 is 14.5 Å². The number of rotatable bonds is 7. The minimum absolute atomic E-state index is 0.306. The Kier molecular flexibility index (Phi) is 5.87. The van der Waals surface area contributed by atoms with Crippen LogP contribution in [-0.2, 0) is 10.8 Å². The van der Waals surface area contributed by atoms with Crippen molar-refractivity contribution >= 4 is 19.2 Å². The summed E-state index contributed by atoms with van der Waals surface area (Å²) in [6.45, 7) is 18.0. The highest BCUT2D eigenvalue weighted by Gasteiger charge is 2.60. The maximum atomic E-state index is 11.7. The van der Waals surface area contributed by atoms with E-state index in [1.54, 1.807) is 0 Å². The van der Waals surface area contributed by atoms with Crippen molar-refractivity contribution in [3.63, 3.8) is 0 Å². The van der Waals surface area contributed by atoms with Crippen molar-refractivity contribution in [2.45, 2.75) is 102 Å². The van der Waals surface area contributed by atoms with Crippen molar-refractivity contribution < 1.29 is 9.53 Å². The molecule has 1 aromatic heterocycles. The zero-order valence-corrected chi connectivity index (χ0v) is 22.7. The zero-order chi connectivity index (χ0) is 23.7. The molecule has 2 N–H and O–H groups in total. The highest BCUT2D eigenvalue weighted by atomic mass is 28.4. The third-order valence-corrected chi connectivity index (χ3v) is 16.0. The van der Waals surface area contributed by atoms with Gasteiger partial charge >= 0.3 is 0 Å². The lowest BCUT2D eigenvalue weighted by molar-refractivity contribution is -0.198. The number of hydrogen-bond donors (Lipinski definition) is 2. The molecule has 6 atom stereocenters. The highest BCUT2D eigenvalue weighted by Crippen LogP contribution is 2.56. The van der Waals surface area contributed by atoms with E-state index in [1.807, 2.05) is 0 Å². The molecule has 0 radical (unpaired) electrons. The number of para-hydroxylation sites is 1. The zero-order valence-electron chi connectivity index (χ0n) is 21.7. The Morgan fingerprint density at radius 1 is 1.12 bits per heavy atom. The molecule has 0 amide bonds. The van der Waals surface area contributed by atoms with Gasteiger partial charge in [-0.1, -0.05) is 66.7 Å². The molecule has 3 saturated heterocycles. The molecule has 0 aliphatic carbocycles. The quantitative estimate of drug-likeness (QED) is 0.461. The molecule has 4 aliphatic heterocycles. The fraction of sp³-hybridized carbons (Fsp3) is 0.714. The van der Waals surface area contributed by atoms with Gasteiger partial charge in [-0.25, -0.2) is 0 Å². The van der Waals surface area contributed by atoms with Crippen LogP contribution in [0, 0.1) is 11.8 Å². The van der Waals surface area contributed by atoms with Crippen molar-refractivity contribution in [1.29, 1.82) is 0 Å². The van der Waals surface area contributed by atoms with Gasteiger partial charge in [-0.05, 0) is 53.4 Å². The van der Waals surface area contributed by atoms with E-state index in [-0.39, 0.29) is 0 Å². The molecular formula is C28H44N2O2Si. The van der Waals surface area contributed by atoms with E-state index in [2.05, 4.69) is 82.6 Å².